The molecule has 0 radical (unpaired) electrons. The van der Waals surface area contributed by atoms with Gasteiger partial charge in [-0.25, -0.2) is 12.8 Å². The highest BCUT2D eigenvalue weighted by Crippen LogP contribution is 2.27. The zero-order chi connectivity index (χ0) is 15.7. The molecule has 1 rings (SSSR count). The van der Waals surface area contributed by atoms with Gasteiger partial charge in [0.2, 0.25) is 0 Å². The summed E-state index contributed by atoms with van der Waals surface area (Å²) in [5, 5.41) is 0. The van der Waals surface area contributed by atoms with Gasteiger partial charge in [-0.05, 0) is 25.5 Å². The van der Waals surface area contributed by atoms with Gasteiger partial charge in [0.15, 0.2) is 5.82 Å². The fraction of sp³-hybridized carbons (Fsp3) is 0.417. The molecule has 0 spiro atoms. The minimum Gasteiger partial charge on any atom is -0.339 e. The molecule has 0 saturated heterocycles. The lowest BCUT2D eigenvalue weighted by Crippen LogP contribution is -2.35. The van der Waals surface area contributed by atoms with Crippen molar-refractivity contribution in [1.82, 2.24) is 4.90 Å². The van der Waals surface area contributed by atoms with E-state index in [1.807, 2.05) is 13.8 Å². The van der Waals surface area contributed by atoms with Crippen molar-refractivity contribution in [3.63, 3.8) is 0 Å². The number of carbonyl (C=O) groups is 1. The van der Waals surface area contributed by atoms with Crippen LogP contribution in [0.5, 0.6) is 0 Å². The molecule has 4 nitrogen and oxygen atoms in total. The minimum atomic E-state index is -4.27. The summed E-state index contributed by atoms with van der Waals surface area (Å²) in [6, 6.07) is 2.16. The summed E-state index contributed by atoms with van der Waals surface area (Å²) >= 11 is 3.05. The summed E-state index contributed by atoms with van der Waals surface area (Å²) in [4.78, 5) is 12.9. The maximum Gasteiger partial charge on any atom is 0.264 e. The third-order valence-corrected chi connectivity index (χ3v) is 4.85. The van der Waals surface area contributed by atoms with Crippen LogP contribution >= 0.6 is 26.6 Å². The number of carbonyl (C=O) groups excluding carboxylic acids is 1. The van der Waals surface area contributed by atoms with E-state index in [9.17, 15) is 17.6 Å². The van der Waals surface area contributed by atoms with Crippen LogP contribution in [0.1, 0.15) is 30.6 Å². The van der Waals surface area contributed by atoms with Gasteiger partial charge in [0.25, 0.3) is 15.0 Å². The molecule has 1 atom stereocenters. The minimum absolute atomic E-state index is 0.100. The van der Waals surface area contributed by atoms with E-state index >= 15 is 0 Å². The monoisotopic (exact) mass is 385 g/mol. The number of nitrogens with zero attached hydrogens (tertiary/aromatic N) is 1. The molecule has 1 amide bonds. The van der Waals surface area contributed by atoms with Crippen LogP contribution < -0.4 is 0 Å². The van der Waals surface area contributed by atoms with Gasteiger partial charge in [0, 0.05) is 28.2 Å². The second kappa shape index (κ2) is 6.41. The second-order valence-corrected chi connectivity index (χ2v) is 7.83. The number of halogens is 3. The van der Waals surface area contributed by atoms with Gasteiger partial charge in [0.1, 0.15) is 4.90 Å². The lowest BCUT2D eigenvalue weighted by atomic mass is 10.1. The zero-order valence-electron chi connectivity index (χ0n) is 11.2. The highest BCUT2D eigenvalue weighted by atomic mass is 79.9. The lowest BCUT2D eigenvalue weighted by Gasteiger charge is -2.24. The van der Waals surface area contributed by atoms with Gasteiger partial charge < -0.3 is 4.90 Å². The summed E-state index contributed by atoms with van der Waals surface area (Å²) in [6.07, 6.45) is 0.693. The maximum absolute atomic E-state index is 14.2. The normalized spacial score (nSPS) is 13.1. The van der Waals surface area contributed by atoms with Gasteiger partial charge in [-0.2, -0.15) is 0 Å². The van der Waals surface area contributed by atoms with E-state index < -0.39 is 25.7 Å². The molecule has 0 heterocycles. The van der Waals surface area contributed by atoms with Crippen molar-refractivity contribution in [2.75, 3.05) is 7.05 Å². The molecule has 112 valence electrons. The summed E-state index contributed by atoms with van der Waals surface area (Å²) < 4.78 is 37.1. The molecule has 1 aromatic carbocycles. The Hall–Kier alpha value is -0.660. The largest absolute Gasteiger partial charge is 0.339 e. The van der Waals surface area contributed by atoms with Crippen LogP contribution in [0.25, 0.3) is 0 Å². The van der Waals surface area contributed by atoms with Crippen LogP contribution in [-0.4, -0.2) is 32.3 Å². The fourth-order valence-corrected chi connectivity index (χ4v) is 3.10. The molecular weight excluding hydrogens is 373 g/mol. The fourth-order valence-electron chi connectivity index (χ4n) is 1.56. The van der Waals surface area contributed by atoms with Crippen LogP contribution in [0.4, 0.5) is 4.39 Å². The average molecular weight is 387 g/mol. The van der Waals surface area contributed by atoms with Crippen molar-refractivity contribution >= 4 is 41.6 Å². The topological polar surface area (TPSA) is 54.5 Å². The van der Waals surface area contributed by atoms with E-state index in [1.165, 1.54) is 18.0 Å². The summed E-state index contributed by atoms with van der Waals surface area (Å²) in [7, 11) is 2.43. The van der Waals surface area contributed by atoms with E-state index in [0.717, 1.165) is 6.07 Å². The lowest BCUT2D eigenvalue weighted by molar-refractivity contribution is 0.0735. The molecule has 8 heteroatoms. The van der Waals surface area contributed by atoms with E-state index in [1.54, 1.807) is 0 Å². The first-order chi connectivity index (χ1) is 9.09. The maximum atomic E-state index is 14.2. The number of rotatable bonds is 4. The smallest absolute Gasteiger partial charge is 0.264 e. The van der Waals surface area contributed by atoms with Crippen molar-refractivity contribution in [2.45, 2.75) is 31.2 Å². The molecular formula is C12H14BrClFNO3S. The second-order valence-electron chi connectivity index (χ2n) is 4.38. The van der Waals surface area contributed by atoms with E-state index in [4.69, 9.17) is 10.7 Å². The Bertz CT molecular complexity index is 636. The molecule has 1 aromatic rings. The zero-order valence-corrected chi connectivity index (χ0v) is 14.3. The van der Waals surface area contributed by atoms with Gasteiger partial charge in [-0.3, -0.25) is 4.79 Å². The molecule has 0 bridgehead atoms. The third-order valence-electron chi connectivity index (χ3n) is 3.07. The molecule has 1 unspecified atom stereocenters. The van der Waals surface area contributed by atoms with Crippen molar-refractivity contribution in [1.29, 1.82) is 0 Å². The Morgan fingerprint density at radius 3 is 2.50 bits per heavy atom. The first-order valence-electron chi connectivity index (χ1n) is 5.80. The predicted octanol–water partition coefficient (Wildman–Crippen LogP) is 3.39. The Kier molecular flexibility index (Phi) is 5.57. The highest BCUT2D eigenvalue weighted by molar-refractivity contribution is 9.10. The third kappa shape index (κ3) is 3.71. The van der Waals surface area contributed by atoms with Gasteiger partial charge in [0.05, 0.1) is 5.56 Å². The SMILES string of the molecule is CCC(C)N(C)C(=O)c1cc(Br)cc(S(=O)(=O)Cl)c1F. The number of hydrogen-bond donors (Lipinski definition) is 0. The summed E-state index contributed by atoms with van der Waals surface area (Å²) in [6.45, 7) is 3.70. The van der Waals surface area contributed by atoms with Gasteiger partial charge in [-0.15, -0.1) is 0 Å². The van der Waals surface area contributed by atoms with Gasteiger partial charge in [-0.1, -0.05) is 22.9 Å². The Balaban J connectivity index is 3.40. The van der Waals surface area contributed by atoms with E-state index in [0.29, 0.717) is 6.42 Å². The van der Waals surface area contributed by atoms with Crippen molar-refractivity contribution < 1.29 is 17.6 Å². The van der Waals surface area contributed by atoms with Crippen LogP contribution in [0.15, 0.2) is 21.5 Å². The summed E-state index contributed by atoms with van der Waals surface area (Å²) in [5.41, 5.74) is -0.332. The van der Waals surface area contributed by atoms with Crippen LogP contribution in [0.2, 0.25) is 0 Å². The molecule has 0 aromatic heterocycles. The van der Waals surface area contributed by atoms with Crippen molar-refractivity contribution in [3.8, 4) is 0 Å². The average Bonchev–Trinajstić information content (AvgIpc) is 2.37. The molecule has 0 aliphatic carbocycles. The Morgan fingerprint density at radius 2 is 2.05 bits per heavy atom. The molecule has 0 aliphatic rings. The van der Waals surface area contributed by atoms with Crippen LogP contribution in [0, 0.1) is 5.82 Å². The Labute approximate surface area is 130 Å². The molecule has 0 N–H and O–H groups in total. The first kappa shape index (κ1) is 17.4. The standard InChI is InChI=1S/C12H14BrClFNO3S/c1-4-7(2)16(3)12(17)9-5-8(13)6-10(11(9)15)20(14,18)19/h5-7H,4H2,1-3H3. The Morgan fingerprint density at radius 1 is 1.50 bits per heavy atom. The van der Waals surface area contributed by atoms with Crippen LogP contribution in [0.3, 0.4) is 0 Å². The number of hydrogen-bond acceptors (Lipinski definition) is 3. The number of benzene rings is 1. The van der Waals surface area contributed by atoms with Crippen LogP contribution in [-0.2, 0) is 9.05 Å². The molecule has 0 aliphatic heterocycles. The molecule has 0 saturated carbocycles. The molecule has 20 heavy (non-hydrogen) atoms. The van der Waals surface area contributed by atoms with Gasteiger partial charge >= 0.3 is 0 Å². The summed E-state index contributed by atoms with van der Waals surface area (Å²) in [5.74, 6) is -1.73. The van der Waals surface area contributed by atoms with Crippen molar-refractivity contribution in [3.05, 3.63) is 28.0 Å². The quantitative estimate of drug-likeness (QED) is 0.745. The first-order valence-corrected chi connectivity index (χ1v) is 8.90. The van der Waals surface area contributed by atoms with Crippen molar-refractivity contribution in [2.24, 2.45) is 0 Å². The molecule has 0 fully saturated rings. The number of amides is 1. The van der Waals surface area contributed by atoms with E-state index in [-0.39, 0.29) is 16.1 Å². The predicted molar refractivity (Wildman–Crippen MR) is 79.0 cm³/mol. The van der Waals surface area contributed by atoms with E-state index in [2.05, 4.69) is 15.9 Å². The highest BCUT2D eigenvalue weighted by Gasteiger charge is 2.26.